The Morgan fingerprint density at radius 2 is 2.30 bits per heavy atom. The van der Waals surface area contributed by atoms with E-state index in [9.17, 15) is 0 Å². The Bertz CT molecular complexity index is 219. The Morgan fingerprint density at radius 3 is 2.80 bits per heavy atom. The number of ether oxygens (including phenoxy) is 1. The molecule has 3 nitrogen and oxygen atoms in total. The molecule has 0 spiro atoms. The zero-order valence-electron chi connectivity index (χ0n) is 5.34. The van der Waals surface area contributed by atoms with Gasteiger partial charge in [-0.1, -0.05) is 0 Å². The second kappa shape index (κ2) is 2.88. The number of halogens is 1. The van der Waals surface area contributed by atoms with Crippen molar-refractivity contribution in [2.45, 2.75) is 0 Å². The third-order valence-corrected chi connectivity index (χ3v) is 1.40. The zero-order chi connectivity index (χ0) is 7.56. The molecule has 0 fully saturated rings. The van der Waals surface area contributed by atoms with Crippen LogP contribution >= 0.6 is 15.9 Å². The van der Waals surface area contributed by atoms with E-state index in [-0.39, 0.29) is 5.88 Å². The third kappa shape index (κ3) is 1.60. The Morgan fingerprint density at radius 1 is 1.60 bits per heavy atom. The van der Waals surface area contributed by atoms with Crippen LogP contribution in [0.15, 0.2) is 16.7 Å². The molecule has 0 amide bonds. The van der Waals surface area contributed by atoms with Crippen molar-refractivity contribution in [3.05, 3.63) is 16.7 Å². The second-order valence-electron chi connectivity index (χ2n) is 1.69. The molecule has 0 saturated heterocycles. The maximum Gasteiger partial charge on any atom is 0.215 e. The number of pyridine rings is 1. The Hall–Kier alpha value is -0.770. The lowest BCUT2D eigenvalue weighted by atomic mass is 10.4. The molecule has 1 heterocycles. The molecule has 0 atom stereocenters. The zero-order valence-corrected chi connectivity index (χ0v) is 6.92. The molecule has 54 valence electrons. The summed E-state index contributed by atoms with van der Waals surface area (Å²) in [6.07, 6.45) is 0. The summed E-state index contributed by atoms with van der Waals surface area (Å²) in [6.45, 7) is 0. The average Bonchev–Trinajstić information content (AvgIpc) is 1.85. The predicted octanol–water partition coefficient (Wildman–Crippen LogP) is 1.56. The Balaban J connectivity index is 3.06. The van der Waals surface area contributed by atoms with Crippen molar-refractivity contribution in [3.63, 3.8) is 0 Å². The molecule has 1 aromatic rings. The van der Waals surface area contributed by atoms with Gasteiger partial charge < -0.3 is 9.84 Å². The molecular weight excluding hydrogens is 198 g/mol. The molecule has 0 aromatic carbocycles. The summed E-state index contributed by atoms with van der Waals surface area (Å²) in [4.78, 5) is 3.67. The van der Waals surface area contributed by atoms with Gasteiger partial charge in [0.15, 0.2) is 0 Å². The maximum atomic E-state index is 8.90. The van der Waals surface area contributed by atoms with Crippen LogP contribution in [-0.4, -0.2) is 17.2 Å². The van der Waals surface area contributed by atoms with Gasteiger partial charge in [-0.25, -0.2) is 4.98 Å². The number of aromatic hydroxyl groups is 1. The van der Waals surface area contributed by atoms with Crippen LogP contribution in [0.2, 0.25) is 0 Å². The molecule has 1 aromatic heterocycles. The normalized spacial score (nSPS) is 9.40. The van der Waals surface area contributed by atoms with E-state index in [1.165, 1.54) is 13.2 Å². The molecule has 0 saturated carbocycles. The minimum Gasteiger partial charge on any atom is -0.496 e. The minimum absolute atomic E-state index is 0.0498. The maximum absolute atomic E-state index is 8.90. The van der Waals surface area contributed by atoms with Crippen LogP contribution in [0.25, 0.3) is 0 Å². The molecule has 0 aliphatic heterocycles. The van der Waals surface area contributed by atoms with E-state index in [1.54, 1.807) is 6.07 Å². The number of hydrogen-bond donors (Lipinski definition) is 1. The average molecular weight is 204 g/mol. The smallest absolute Gasteiger partial charge is 0.215 e. The summed E-state index contributed by atoms with van der Waals surface area (Å²) in [7, 11) is 1.53. The lowest BCUT2D eigenvalue weighted by molar-refractivity contribution is 0.402. The first-order valence-electron chi connectivity index (χ1n) is 2.63. The van der Waals surface area contributed by atoms with Gasteiger partial charge in [0.2, 0.25) is 5.88 Å². The molecule has 0 bridgehead atoms. The first-order valence-corrected chi connectivity index (χ1v) is 3.42. The first-order chi connectivity index (χ1) is 4.72. The molecule has 4 heteroatoms. The fourth-order valence-corrected chi connectivity index (χ4v) is 0.985. The van der Waals surface area contributed by atoms with Crippen LogP contribution in [0.5, 0.6) is 11.6 Å². The van der Waals surface area contributed by atoms with Crippen molar-refractivity contribution >= 4 is 15.9 Å². The molecule has 0 radical (unpaired) electrons. The van der Waals surface area contributed by atoms with Gasteiger partial charge in [-0.2, -0.15) is 0 Å². The van der Waals surface area contributed by atoms with Crippen molar-refractivity contribution in [2.75, 3.05) is 7.11 Å². The highest BCUT2D eigenvalue weighted by Crippen LogP contribution is 2.20. The van der Waals surface area contributed by atoms with E-state index < -0.39 is 0 Å². The van der Waals surface area contributed by atoms with E-state index in [0.29, 0.717) is 10.4 Å². The van der Waals surface area contributed by atoms with Gasteiger partial charge >= 0.3 is 0 Å². The highest BCUT2D eigenvalue weighted by molar-refractivity contribution is 9.10. The van der Waals surface area contributed by atoms with E-state index in [2.05, 4.69) is 20.9 Å². The SMILES string of the molecule is COc1cc(O)nc(Br)c1. The lowest BCUT2D eigenvalue weighted by Crippen LogP contribution is -1.83. The largest absolute Gasteiger partial charge is 0.496 e. The van der Waals surface area contributed by atoms with Crippen LogP contribution in [0.1, 0.15) is 0 Å². The minimum atomic E-state index is -0.0498. The van der Waals surface area contributed by atoms with E-state index in [1.807, 2.05) is 0 Å². The molecule has 0 aliphatic rings. The highest BCUT2D eigenvalue weighted by Gasteiger charge is 1.97. The topological polar surface area (TPSA) is 42.4 Å². The number of nitrogens with zero attached hydrogens (tertiary/aromatic N) is 1. The van der Waals surface area contributed by atoms with Gasteiger partial charge in [0.1, 0.15) is 10.4 Å². The van der Waals surface area contributed by atoms with Gasteiger partial charge in [-0.15, -0.1) is 0 Å². The van der Waals surface area contributed by atoms with Crippen LogP contribution in [-0.2, 0) is 0 Å². The first kappa shape index (κ1) is 7.34. The van der Waals surface area contributed by atoms with E-state index >= 15 is 0 Å². The second-order valence-corrected chi connectivity index (χ2v) is 2.50. The standard InChI is InChI=1S/C6H6BrNO2/c1-10-4-2-5(7)8-6(9)3-4/h2-3H,1H3,(H,8,9). The van der Waals surface area contributed by atoms with Gasteiger partial charge in [0.05, 0.1) is 7.11 Å². The summed E-state index contributed by atoms with van der Waals surface area (Å²) in [6, 6.07) is 3.10. The molecule has 0 aliphatic carbocycles. The molecular formula is C6H6BrNO2. The van der Waals surface area contributed by atoms with Crippen LogP contribution in [0.4, 0.5) is 0 Å². The van der Waals surface area contributed by atoms with Gasteiger partial charge in [-0.05, 0) is 15.9 Å². The quantitative estimate of drug-likeness (QED) is 0.705. The van der Waals surface area contributed by atoms with E-state index in [4.69, 9.17) is 9.84 Å². The van der Waals surface area contributed by atoms with Crippen molar-refractivity contribution in [3.8, 4) is 11.6 Å². The number of rotatable bonds is 1. The van der Waals surface area contributed by atoms with E-state index in [0.717, 1.165) is 0 Å². The molecule has 1 rings (SSSR count). The van der Waals surface area contributed by atoms with Crippen molar-refractivity contribution < 1.29 is 9.84 Å². The summed E-state index contributed by atoms with van der Waals surface area (Å²) in [5.41, 5.74) is 0. The molecule has 1 N–H and O–H groups in total. The van der Waals surface area contributed by atoms with Crippen molar-refractivity contribution in [2.24, 2.45) is 0 Å². The fraction of sp³-hybridized carbons (Fsp3) is 0.167. The summed E-state index contributed by atoms with van der Waals surface area (Å²) >= 11 is 3.10. The molecule has 0 unspecified atom stereocenters. The molecule has 10 heavy (non-hydrogen) atoms. The number of methoxy groups -OCH3 is 1. The van der Waals surface area contributed by atoms with Crippen molar-refractivity contribution in [1.29, 1.82) is 0 Å². The Kier molecular flexibility index (Phi) is 2.11. The van der Waals surface area contributed by atoms with Gasteiger partial charge in [0, 0.05) is 12.1 Å². The van der Waals surface area contributed by atoms with Gasteiger partial charge in [-0.3, -0.25) is 0 Å². The number of aromatic nitrogens is 1. The van der Waals surface area contributed by atoms with Gasteiger partial charge in [0.25, 0.3) is 0 Å². The summed E-state index contributed by atoms with van der Waals surface area (Å²) < 4.78 is 5.41. The monoisotopic (exact) mass is 203 g/mol. The van der Waals surface area contributed by atoms with Crippen LogP contribution in [0.3, 0.4) is 0 Å². The van der Waals surface area contributed by atoms with Crippen molar-refractivity contribution in [1.82, 2.24) is 4.98 Å². The Labute approximate surface area is 66.8 Å². The predicted molar refractivity (Wildman–Crippen MR) is 40.2 cm³/mol. The lowest BCUT2D eigenvalue weighted by Gasteiger charge is -1.99. The summed E-state index contributed by atoms with van der Waals surface area (Å²) in [5.74, 6) is 0.533. The third-order valence-electron chi connectivity index (χ3n) is 0.990. The van der Waals surface area contributed by atoms with Crippen LogP contribution in [0, 0.1) is 0 Å². The highest BCUT2D eigenvalue weighted by atomic mass is 79.9. The van der Waals surface area contributed by atoms with Crippen LogP contribution < -0.4 is 4.74 Å². The summed E-state index contributed by atoms with van der Waals surface area (Å²) in [5, 5.41) is 8.90. The number of hydrogen-bond acceptors (Lipinski definition) is 3. The fourth-order valence-electron chi connectivity index (χ4n) is 0.578.